The van der Waals surface area contributed by atoms with Gasteiger partial charge in [0.05, 0.1) is 5.69 Å². The van der Waals surface area contributed by atoms with E-state index in [-0.39, 0.29) is 5.91 Å². The average Bonchev–Trinajstić information content (AvgIpc) is 2.32. The van der Waals surface area contributed by atoms with Crippen molar-refractivity contribution in [2.75, 3.05) is 5.32 Å². The summed E-state index contributed by atoms with van der Waals surface area (Å²) < 4.78 is 1.81. The highest BCUT2D eigenvalue weighted by molar-refractivity contribution is 9.10. The molecule has 98 valence electrons. The number of amides is 1. The van der Waals surface area contributed by atoms with E-state index in [0.717, 1.165) is 20.2 Å². The van der Waals surface area contributed by atoms with Crippen LogP contribution in [0.4, 0.5) is 5.82 Å². The van der Waals surface area contributed by atoms with Gasteiger partial charge in [0.15, 0.2) is 0 Å². The molecule has 2 aromatic rings. The Bertz CT molecular complexity index is 621. The predicted molar refractivity (Wildman–Crippen MR) is 83.5 cm³/mol. The number of aryl methyl sites for hydroxylation is 2. The largest absolute Gasteiger partial charge is 0.307 e. The first-order valence-electron chi connectivity index (χ1n) is 5.67. The number of anilines is 1. The second-order valence-corrected chi connectivity index (χ2v) is 6.01. The van der Waals surface area contributed by atoms with Gasteiger partial charge in [-0.15, -0.1) is 0 Å². The molecule has 0 unspecified atom stereocenters. The van der Waals surface area contributed by atoms with Crippen LogP contribution in [-0.4, -0.2) is 10.9 Å². The molecule has 2 rings (SSSR count). The Morgan fingerprint density at radius 2 is 1.89 bits per heavy atom. The molecule has 3 nitrogen and oxygen atoms in total. The van der Waals surface area contributed by atoms with Gasteiger partial charge in [-0.25, -0.2) is 4.98 Å². The van der Waals surface area contributed by atoms with Crippen LogP contribution in [-0.2, 0) is 0 Å². The van der Waals surface area contributed by atoms with Gasteiger partial charge >= 0.3 is 0 Å². The van der Waals surface area contributed by atoms with Crippen LogP contribution in [0.15, 0.2) is 39.3 Å². The molecule has 0 spiro atoms. The van der Waals surface area contributed by atoms with E-state index in [1.54, 1.807) is 12.1 Å². The highest BCUT2D eigenvalue weighted by Crippen LogP contribution is 2.18. The molecule has 1 amide bonds. The lowest BCUT2D eigenvalue weighted by Crippen LogP contribution is -2.13. The Hall–Kier alpha value is -1.20. The number of hydrogen-bond donors (Lipinski definition) is 1. The van der Waals surface area contributed by atoms with Gasteiger partial charge < -0.3 is 5.32 Å². The zero-order chi connectivity index (χ0) is 14.0. The number of halogens is 2. The maximum atomic E-state index is 12.1. The molecule has 0 atom stereocenters. The van der Waals surface area contributed by atoms with Gasteiger partial charge in [0.2, 0.25) is 0 Å². The summed E-state index contributed by atoms with van der Waals surface area (Å²) >= 11 is 6.76. The molecule has 0 aliphatic rings. The Morgan fingerprint density at radius 1 is 1.16 bits per heavy atom. The number of benzene rings is 1. The first kappa shape index (κ1) is 14.2. The second-order valence-electron chi connectivity index (χ2n) is 4.24. The number of carbonyl (C=O) groups is 1. The van der Waals surface area contributed by atoms with E-state index in [0.29, 0.717) is 11.4 Å². The third-order valence-electron chi connectivity index (χ3n) is 2.57. The molecule has 0 aliphatic heterocycles. The molecular formula is C14H12Br2N2O. The molecule has 1 aromatic heterocycles. The Morgan fingerprint density at radius 3 is 2.53 bits per heavy atom. The molecule has 0 fully saturated rings. The quantitative estimate of drug-likeness (QED) is 0.830. The first-order valence-corrected chi connectivity index (χ1v) is 7.26. The molecule has 1 aromatic carbocycles. The van der Waals surface area contributed by atoms with Crippen LogP contribution in [0.5, 0.6) is 0 Å². The fourth-order valence-electron chi connectivity index (χ4n) is 1.67. The predicted octanol–water partition coefficient (Wildman–Crippen LogP) is 4.48. The summed E-state index contributed by atoms with van der Waals surface area (Å²) in [6.45, 7) is 3.83. The molecule has 0 bridgehead atoms. The van der Waals surface area contributed by atoms with Crippen molar-refractivity contribution < 1.29 is 4.79 Å². The van der Waals surface area contributed by atoms with E-state index in [2.05, 4.69) is 42.2 Å². The van der Waals surface area contributed by atoms with Gasteiger partial charge in [0.25, 0.3) is 5.91 Å². The summed E-state index contributed by atoms with van der Waals surface area (Å²) in [7, 11) is 0. The number of carbonyl (C=O) groups excluding carboxylic acids is 1. The summed E-state index contributed by atoms with van der Waals surface area (Å²) in [4.78, 5) is 16.4. The van der Waals surface area contributed by atoms with Crippen LogP contribution in [0.25, 0.3) is 0 Å². The number of aromatic nitrogens is 1. The van der Waals surface area contributed by atoms with Crippen molar-refractivity contribution in [3.05, 3.63) is 56.1 Å². The lowest BCUT2D eigenvalue weighted by Gasteiger charge is -2.07. The lowest BCUT2D eigenvalue weighted by molar-refractivity contribution is 0.102. The Labute approximate surface area is 128 Å². The highest BCUT2D eigenvalue weighted by atomic mass is 79.9. The van der Waals surface area contributed by atoms with Crippen LogP contribution >= 0.6 is 31.9 Å². The highest BCUT2D eigenvalue weighted by Gasteiger charge is 2.09. The summed E-state index contributed by atoms with van der Waals surface area (Å²) in [5.41, 5.74) is 2.47. The summed E-state index contributed by atoms with van der Waals surface area (Å²) in [6, 6.07) is 9.21. The van der Waals surface area contributed by atoms with E-state index in [1.807, 2.05) is 32.0 Å². The van der Waals surface area contributed by atoms with E-state index < -0.39 is 0 Å². The zero-order valence-corrected chi connectivity index (χ0v) is 13.7. The third kappa shape index (κ3) is 3.64. The number of hydrogen-bond acceptors (Lipinski definition) is 2. The van der Waals surface area contributed by atoms with Crippen molar-refractivity contribution in [3.63, 3.8) is 0 Å². The van der Waals surface area contributed by atoms with Crippen molar-refractivity contribution in [3.8, 4) is 0 Å². The van der Waals surface area contributed by atoms with Gasteiger partial charge in [0.1, 0.15) is 5.82 Å². The summed E-state index contributed by atoms with van der Waals surface area (Å²) in [5.74, 6) is 0.377. The van der Waals surface area contributed by atoms with Crippen molar-refractivity contribution >= 4 is 43.6 Å². The molecular weight excluding hydrogens is 372 g/mol. The standard InChI is InChI=1S/C14H12Br2N2O/c1-8-5-10(7-11(15)6-8)14(19)18-13-4-3-12(16)9(2)17-13/h3-7H,1-2H3,(H,17,18,19). The second kappa shape index (κ2) is 5.84. The summed E-state index contributed by atoms with van der Waals surface area (Å²) in [5, 5.41) is 2.79. The first-order chi connectivity index (χ1) is 8.95. The normalized spacial score (nSPS) is 10.3. The molecule has 0 aliphatic carbocycles. The van der Waals surface area contributed by atoms with Crippen LogP contribution in [0, 0.1) is 13.8 Å². The van der Waals surface area contributed by atoms with Gasteiger partial charge in [-0.2, -0.15) is 0 Å². The van der Waals surface area contributed by atoms with E-state index in [1.165, 1.54) is 0 Å². The molecule has 1 heterocycles. The van der Waals surface area contributed by atoms with E-state index in [9.17, 15) is 4.79 Å². The minimum Gasteiger partial charge on any atom is -0.307 e. The van der Waals surface area contributed by atoms with Crippen LogP contribution in [0.3, 0.4) is 0 Å². The number of nitrogens with one attached hydrogen (secondary N) is 1. The van der Waals surface area contributed by atoms with Crippen molar-refractivity contribution in [1.29, 1.82) is 0 Å². The van der Waals surface area contributed by atoms with E-state index in [4.69, 9.17) is 0 Å². The average molecular weight is 384 g/mol. The summed E-state index contributed by atoms with van der Waals surface area (Å²) in [6.07, 6.45) is 0. The lowest BCUT2D eigenvalue weighted by atomic mass is 10.1. The third-order valence-corrected chi connectivity index (χ3v) is 3.86. The van der Waals surface area contributed by atoms with Crippen LogP contribution in [0.1, 0.15) is 21.6 Å². The molecule has 1 N–H and O–H groups in total. The maximum Gasteiger partial charge on any atom is 0.256 e. The Kier molecular flexibility index (Phi) is 4.37. The van der Waals surface area contributed by atoms with Gasteiger partial charge in [0, 0.05) is 14.5 Å². The minimum atomic E-state index is -0.168. The SMILES string of the molecule is Cc1cc(Br)cc(C(=O)Nc2ccc(Br)c(C)n2)c1. The molecule has 19 heavy (non-hydrogen) atoms. The van der Waals surface area contributed by atoms with Crippen molar-refractivity contribution in [1.82, 2.24) is 4.98 Å². The van der Waals surface area contributed by atoms with Crippen LogP contribution in [0.2, 0.25) is 0 Å². The van der Waals surface area contributed by atoms with Crippen molar-refractivity contribution in [2.45, 2.75) is 13.8 Å². The van der Waals surface area contributed by atoms with Gasteiger partial charge in [-0.3, -0.25) is 4.79 Å². The number of rotatable bonds is 2. The molecule has 0 saturated heterocycles. The molecule has 5 heteroatoms. The maximum absolute atomic E-state index is 12.1. The Balaban J connectivity index is 2.22. The molecule has 0 radical (unpaired) electrons. The van der Waals surface area contributed by atoms with Crippen LogP contribution < -0.4 is 5.32 Å². The number of nitrogens with zero attached hydrogens (tertiary/aromatic N) is 1. The number of pyridine rings is 1. The molecule has 0 saturated carbocycles. The monoisotopic (exact) mass is 382 g/mol. The van der Waals surface area contributed by atoms with E-state index >= 15 is 0 Å². The smallest absolute Gasteiger partial charge is 0.256 e. The topological polar surface area (TPSA) is 42.0 Å². The van der Waals surface area contributed by atoms with Gasteiger partial charge in [-0.05, 0) is 65.7 Å². The van der Waals surface area contributed by atoms with Crippen molar-refractivity contribution in [2.24, 2.45) is 0 Å². The minimum absolute atomic E-state index is 0.168. The fraction of sp³-hybridized carbons (Fsp3) is 0.143. The zero-order valence-electron chi connectivity index (χ0n) is 10.5. The fourth-order valence-corrected chi connectivity index (χ4v) is 2.50. The van der Waals surface area contributed by atoms with Gasteiger partial charge in [-0.1, -0.05) is 15.9 Å².